The summed E-state index contributed by atoms with van der Waals surface area (Å²) >= 11 is 11.9. The van der Waals surface area contributed by atoms with E-state index in [-0.39, 0.29) is 26.2 Å². The van der Waals surface area contributed by atoms with Crippen LogP contribution in [-0.2, 0) is 10.0 Å². The van der Waals surface area contributed by atoms with Gasteiger partial charge in [-0.1, -0.05) is 30.1 Å². The molecule has 0 unspecified atom stereocenters. The molecule has 10 heteroatoms. The van der Waals surface area contributed by atoms with E-state index in [2.05, 4.69) is 21.4 Å². The van der Waals surface area contributed by atoms with Crippen molar-refractivity contribution in [2.24, 2.45) is 0 Å². The van der Waals surface area contributed by atoms with E-state index >= 15 is 0 Å². The number of carbonyl (C=O) groups is 1. The Bertz CT molecular complexity index is 1040. The van der Waals surface area contributed by atoms with Gasteiger partial charge in [0.05, 0.1) is 31.9 Å². The van der Waals surface area contributed by atoms with Crippen LogP contribution in [0.25, 0.3) is 0 Å². The van der Waals surface area contributed by atoms with Crippen LogP contribution >= 0.6 is 23.2 Å². The molecule has 0 aromatic heterocycles. The minimum absolute atomic E-state index is 0.00444. The first kappa shape index (κ1) is 22.7. The zero-order chi connectivity index (χ0) is 21.9. The van der Waals surface area contributed by atoms with Crippen molar-refractivity contribution in [1.82, 2.24) is 4.90 Å². The fourth-order valence-electron chi connectivity index (χ4n) is 3.40. The molecule has 1 fully saturated rings. The highest BCUT2D eigenvalue weighted by atomic mass is 35.5. The molecule has 1 heterocycles. The number of hydrogen-bond acceptors (Lipinski definition) is 5. The van der Waals surface area contributed by atoms with Crippen molar-refractivity contribution in [1.29, 1.82) is 0 Å². The molecule has 2 aromatic rings. The van der Waals surface area contributed by atoms with Crippen molar-refractivity contribution in [2.45, 2.75) is 18.2 Å². The summed E-state index contributed by atoms with van der Waals surface area (Å²) in [6.07, 6.45) is 1.07. The first-order valence-corrected chi connectivity index (χ1v) is 11.8. The molecule has 7 nitrogen and oxygen atoms in total. The van der Waals surface area contributed by atoms with Gasteiger partial charge in [-0.05, 0) is 49.4 Å². The Morgan fingerprint density at radius 3 is 2.37 bits per heavy atom. The Morgan fingerprint density at radius 2 is 1.77 bits per heavy atom. The highest BCUT2D eigenvalue weighted by molar-refractivity contribution is 7.92. The molecular weight excluding hydrogens is 449 g/mol. The van der Waals surface area contributed by atoms with Gasteiger partial charge in [0.2, 0.25) is 0 Å². The average Bonchev–Trinajstić information content (AvgIpc) is 2.70. The monoisotopic (exact) mass is 471 g/mol. The van der Waals surface area contributed by atoms with Crippen LogP contribution in [0.3, 0.4) is 0 Å². The summed E-state index contributed by atoms with van der Waals surface area (Å²) in [4.78, 5) is 15.8. The van der Waals surface area contributed by atoms with Gasteiger partial charge in [0.1, 0.15) is 0 Å². The first-order chi connectivity index (χ1) is 14.2. The zero-order valence-electron chi connectivity index (χ0n) is 16.4. The summed E-state index contributed by atoms with van der Waals surface area (Å²) < 4.78 is 28.4. The summed E-state index contributed by atoms with van der Waals surface area (Å²) in [5, 5.41) is 9.72. The third kappa shape index (κ3) is 5.18. The molecule has 162 valence electrons. The molecule has 0 saturated carbocycles. The summed E-state index contributed by atoms with van der Waals surface area (Å²) in [6.45, 7) is 6.29. The maximum Gasteiger partial charge on any atom is 0.335 e. The Kier molecular flexibility index (Phi) is 7.13. The number of piperazine rings is 1. The normalized spacial score (nSPS) is 15.2. The second-order valence-electron chi connectivity index (χ2n) is 7.05. The van der Waals surface area contributed by atoms with Crippen molar-refractivity contribution >= 4 is 50.6 Å². The molecule has 0 radical (unpaired) electrons. The lowest BCUT2D eigenvalue weighted by atomic mass is 10.1. The van der Waals surface area contributed by atoms with Crippen LogP contribution in [0.15, 0.2) is 41.3 Å². The van der Waals surface area contributed by atoms with Gasteiger partial charge in [0.15, 0.2) is 0 Å². The van der Waals surface area contributed by atoms with Gasteiger partial charge < -0.3 is 10.0 Å². The largest absolute Gasteiger partial charge is 0.478 e. The fraction of sp³-hybridized carbons (Fsp3) is 0.350. The van der Waals surface area contributed by atoms with E-state index in [1.165, 1.54) is 30.3 Å². The molecular formula is C20H23Cl2N3O4S. The fourth-order valence-corrected chi connectivity index (χ4v) is 4.86. The lowest BCUT2D eigenvalue weighted by molar-refractivity contribution is 0.0697. The van der Waals surface area contributed by atoms with Crippen LogP contribution in [0.1, 0.15) is 23.7 Å². The number of hydrogen-bond donors (Lipinski definition) is 2. The molecule has 0 bridgehead atoms. The van der Waals surface area contributed by atoms with Crippen molar-refractivity contribution in [3.05, 3.63) is 52.0 Å². The van der Waals surface area contributed by atoms with Gasteiger partial charge in [-0.25, -0.2) is 13.2 Å². The second-order valence-corrected chi connectivity index (χ2v) is 9.54. The van der Waals surface area contributed by atoms with E-state index in [1.54, 1.807) is 6.07 Å². The maximum atomic E-state index is 12.9. The molecule has 2 aromatic carbocycles. The molecule has 3 rings (SSSR count). The standard InChI is InChI=1S/C20H23Cl2N3O4S/c1-2-7-24-8-10-25(11-9-24)19-6-3-14(20(26)27)12-18(19)23-30(28,29)15-4-5-16(21)17(22)13-15/h3-6,12-13,23H,2,7-11H2,1H3,(H,26,27). The highest BCUT2D eigenvalue weighted by Crippen LogP contribution is 2.32. The highest BCUT2D eigenvalue weighted by Gasteiger charge is 2.23. The summed E-state index contributed by atoms with van der Waals surface area (Å²) in [5.74, 6) is -1.13. The summed E-state index contributed by atoms with van der Waals surface area (Å²) in [7, 11) is -4.00. The minimum atomic E-state index is -4.00. The molecule has 0 amide bonds. The van der Waals surface area contributed by atoms with E-state index in [1.807, 2.05) is 0 Å². The number of carboxylic acids is 1. The Balaban J connectivity index is 1.93. The van der Waals surface area contributed by atoms with E-state index in [0.29, 0.717) is 18.8 Å². The van der Waals surface area contributed by atoms with Gasteiger partial charge in [0.25, 0.3) is 10.0 Å². The van der Waals surface area contributed by atoms with Crippen LogP contribution in [-0.4, -0.2) is 57.1 Å². The van der Waals surface area contributed by atoms with E-state index < -0.39 is 16.0 Å². The number of carboxylic acid groups (broad SMARTS) is 1. The first-order valence-electron chi connectivity index (χ1n) is 9.54. The molecule has 1 aliphatic rings. The zero-order valence-corrected chi connectivity index (χ0v) is 18.8. The number of nitrogens with one attached hydrogen (secondary N) is 1. The maximum absolute atomic E-state index is 12.9. The van der Waals surface area contributed by atoms with Crippen LogP contribution < -0.4 is 9.62 Å². The van der Waals surface area contributed by atoms with Gasteiger partial charge in [-0.3, -0.25) is 9.62 Å². The topological polar surface area (TPSA) is 89.9 Å². The van der Waals surface area contributed by atoms with Crippen molar-refractivity contribution < 1.29 is 18.3 Å². The van der Waals surface area contributed by atoms with E-state index in [0.717, 1.165) is 26.1 Å². The Labute approximate surface area is 186 Å². The molecule has 0 atom stereocenters. The van der Waals surface area contributed by atoms with Crippen LogP contribution in [0.5, 0.6) is 0 Å². The van der Waals surface area contributed by atoms with Crippen LogP contribution in [0.4, 0.5) is 11.4 Å². The summed E-state index contributed by atoms with van der Waals surface area (Å²) in [5.41, 5.74) is 0.847. The van der Waals surface area contributed by atoms with Crippen molar-refractivity contribution in [3.8, 4) is 0 Å². The molecule has 0 aliphatic carbocycles. The molecule has 2 N–H and O–H groups in total. The number of anilines is 2. The van der Waals surface area contributed by atoms with Gasteiger partial charge in [0, 0.05) is 26.2 Å². The Hall–Kier alpha value is -2.00. The Morgan fingerprint density at radius 1 is 1.07 bits per heavy atom. The summed E-state index contributed by atoms with van der Waals surface area (Å²) in [6, 6.07) is 8.47. The van der Waals surface area contributed by atoms with E-state index in [9.17, 15) is 18.3 Å². The molecule has 1 saturated heterocycles. The van der Waals surface area contributed by atoms with Crippen molar-refractivity contribution in [3.63, 3.8) is 0 Å². The number of aromatic carboxylic acids is 1. The number of halogens is 2. The van der Waals surface area contributed by atoms with Crippen molar-refractivity contribution in [2.75, 3.05) is 42.3 Å². The van der Waals surface area contributed by atoms with Gasteiger partial charge in [-0.15, -0.1) is 0 Å². The smallest absolute Gasteiger partial charge is 0.335 e. The van der Waals surface area contributed by atoms with E-state index in [4.69, 9.17) is 23.2 Å². The lowest BCUT2D eigenvalue weighted by Crippen LogP contribution is -2.46. The van der Waals surface area contributed by atoms with Gasteiger partial charge >= 0.3 is 5.97 Å². The third-order valence-corrected chi connectivity index (χ3v) is 7.04. The lowest BCUT2D eigenvalue weighted by Gasteiger charge is -2.37. The van der Waals surface area contributed by atoms with Gasteiger partial charge in [-0.2, -0.15) is 0 Å². The molecule has 0 spiro atoms. The quantitative estimate of drug-likeness (QED) is 0.633. The number of sulfonamides is 1. The number of rotatable bonds is 7. The number of nitrogens with zero attached hydrogens (tertiary/aromatic N) is 2. The van der Waals surface area contributed by atoms with Crippen LogP contribution in [0.2, 0.25) is 10.0 Å². The third-order valence-electron chi connectivity index (χ3n) is 4.94. The SMILES string of the molecule is CCCN1CCN(c2ccc(C(=O)O)cc2NS(=O)(=O)c2ccc(Cl)c(Cl)c2)CC1. The minimum Gasteiger partial charge on any atom is -0.478 e. The number of benzene rings is 2. The average molecular weight is 472 g/mol. The predicted octanol–water partition coefficient (Wildman–Crippen LogP) is 4.02. The predicted molar refractivity (Wildman–Crippen MR) is 120 cm³/mol. The molecule has 30 heavy (non-hydrogen) atoms. The molecule has 1 aliphatic heterocycles. The van der Waals surface area contributed by atoms with Crippen LogP contribution in [0, 0.1) is 0 Å². The second kappa shape index (κ2) is 9.43.